The lowest BCUT2D eigenvalue weighted by molar-refractivity contribution is -0.153. The zero-order chi connectivity index (χ0) is 25.8. The summed E-state index contributed by atoms with van der Waals surface area (Å²) in [7, 11) is 0. The van der Waals surface area contributed by atoms with E-state index in [4.69, 9.17) is 16.3 Å². The number of hydrogen-bond donors (Lipinski definition) is 1. The Kier molecular flexibility index (Phi) is 6.50. The molecular formula is C27H31ClN2O5S. The SMILES string of the molecule is CC(C)C[C@H](CO)N1C(=O)[C@@H]2[C@H]3C(=O)OCC=C[C@@]3(C)S[C@@]23C=CCN(c2ccccc2Cl)C(=O)C13. The van der Waals surface area contributed by atoms with Crippen molar-refractivity contribution in [1.29, 1.82) is 0 Å². The van der Waals surface area contributed by atoms with Crippen molar-refractivity contribution in [3.8, 4) is 0 Å². The van der Waals surface area contributed by atoms with Crippen LogP contribution in [0.25, 0.3) is 0 Å². The summed E-state index contributed by atoms with van der Waals surface area (Å²) < 4.78 is 3.77. The highest BCUT2D eigenvalue weighted by molar-refractivity contribution is 8.02. The number of nitrogens with zero attached hydrogens (tertiary/aromatic N) is 2. The molecule has 0 aromatic heterocycles. The number of esters is 1. The molecule has 0 saturated carbocycles. The number of anilines is 1. The molecule has 2 saturated heterocycles. The van der Waals surface area contributed by atoms with Gasteiger partial charge in [0.1, 0.15) is 12.6 Å². The molecule has 0 bridgehead atoms. The molecule has 1 spiro atoms. The van der Waals surface area contributed by atoms with Crippen LogP contribution in [0.15, 0.2) is 48.6 Å². The minimum absolute atomic E-state index is 0.161. The lowest BCUT2D eigenvalue weighted by Gasteiger charge is -2.40. The number of benzene rings is 1. The van der Waals surface area contributed by atoms with E-state index >= 15 is 0 Å². The lowest BCUT2D eigenvalue weighted by Crippen LogP contribution is -2.57. The maximum atomic E-state index is 14.4. The van der Waals surface area contributed by atoms with Crippen LogP contribution in [0.4, 0.5) is 5.69 Å². The van der Waals surface area contributed by atoms with E-state index in [2.05, 4.69) is 0 Å². The number of aliphatic hydroxyl groups excluding tert-OH is 1. The Balaban J connectivity index is 1.69. The molecule has 1 aromatic rings. The van der Waals surface area contributed by atoms with E-state index in [0.717, 1.165) is 0 Å². The van der Waals surface area contributed by atoms with Gasteiger partial charge in [-0.25, -0.2) is 0 Å². The summed E-state index contributed by atoms with van der Waals surface area (Å²) in [6.45, 7) is 6.15. The number of hydrogen-bond acceptors (Lipinski definition) is 6. The van der Waals surface area contributed by atoms with E-state index < -0.39 is 39.4 Å². The number of thioether (sulfide) groups is 1. The predicted octanol–water partition coefficient (Wildman–Crippen LogP) is 3.45. The number of aliphatic hydroxyl groups is 1. The number of rotatable bonds is 5. The summed E-state index contributed by atoms with van der Waals surface area (Å²) in [4.78, 5) is 45.2. The van der Waals surface area contributed by atoms with Gasteiger partial charge in [0, 0.05) is 11.3 Å². The highest BCUT2D eigenvalue weighted by Gasteiger charge is 2.74. The summed E-state index contributed by atoms with van der Waals surface area (Å²) in [6, 6.07) is 5.67. The van der Waals surface area contributed by atoms with Gasteiger partial charge in [0.2, 0.25) is 5.91 Å². The van der Waals surface area contributed by atoms with Crippen molar-refractivity contribution in [3.05, 3.63) is 53.6 Å². The molecule has 0 aliphatic carbocycles. The first-order valence-corrected chi connectivity index (χ1v) is 13.5. The minimum atomic E-state index is -0.991. The number of amides is 2. The highest BCUT2D eigenvalue weighted by atomic mass is 35.5. The van der Waals surface area contributed by atoms with Crippen LogP contribution in [0.3, 0.4) is 0 Å². The first-order valence-electron chi connectivity index (χ1n) is 12.4. The third-order valence-electron chi connectivity index (χ3n) is 7.74. The maximum absolute atomic E-state index is 14.4. The van der Waals surface area contributed by atoms with E-state index in [1.165, 1.54) is 11.8 Å². The fraction of sp³-hybridized carbons (Fsp3) is 0.519. The van der Waals surface area contributed by atoms with Crippen LogP contribution in [0.2, 0.25) is 5.02 Å². The fourth-order valence-electron chi connectivity index (χ4n) is 6.40. The van der Waals surface area contributed by atoms with E-state index in [9.17, 15) is 19.5 Å². The van der Waals surface area contributed by atoms with Gasteiger partial charge in [-0.2, -0.15) is 0 Å². The van der Waals surface area contributed by atoms with Gasteiger partial charge in [-0.15, -0.1) is 11.8 Å². The van der Waals surface area contributed by atoms with Crippen LogP contribution in [-0.2, 0) is 19.1 Å². The van der Waals surface area contributed by atoms with Crippen molar-refractivity contribution in [3.63, 3.8) is 0 Å². The van der Waals surface area contributed by atoms with Crippen molar-refractivity contribution in [2.75, 3.05) is 24.7 Å². The molecule has 6 atom stereocenters. The van der Waals surface area contributed by atoms with Gasteiger partial charge in [0.05, 0.1) is 39.9 Å². The minimum Gasteiger partial charge on any atom is -0.461 e. The van der Waals surface area contributed by atoms with Crippen LogP contribution in [0.1, 0.15) is 27.2 Å². The largest absolute Gasteiger partial charge is 0.461 e. The Bertz CT molecular complexity index is 1150. The van der Waals surface area contributed by atoms with Gasteiger partial charge in [-0.05, 0) is 37.5 Å². The third kappa shape index (κ3) is 3.72. The first kappa shape index (κ1) is 25.4. The van der Waals surface area contributed by atoms with Gasteiger partial charge in [0.25, 0.3) is 5.91 Å². The number of carbonyl (C=O) groups is 3. The number of ether oxygens (including phenoxy) is 1. The maximum Gasteiger partial charge on any atom is 0.311 e. The molecule has 2 amide bonds. The Morgan fingerprint density at radius 1 is 1.14 bits per heavy atom. The fourth-order valence-corrected chi connectivity index (χ4v) is 8.77. The Morgan fingerprint density at radius 2 is 1.89 bits per heavy atom. The van der Waals surface area contributed by atoms with E-state index in [1.54, 1.807) is 28.0 Å². The Hall–Kier alpha value is -2.29. The molecule has 36 heavy (non-hydrogen) atoms. The zero-order valence-electron chi connectivity index (χ0n) is 20.6. The summed E-state index contributed by atoms with van der Waals surface area (Å²) >= 11 is 7.99. The molecule has 4 aliphatic heterocycles. The van der Waals surface area contributed by atoms with Crippen LogP contribution < -0.4 is 4.90 Å². The second-order valence-corrected chi connectivity index (χ2v) is 12.7. The number of para-hydroxylation sites is 1. The van der Waals surface area contributed by atoms with Crippen LogP contribution in [0.5, 0.6) is 0 Å². The summed E-state index contributed by atoms with van der Waals surface area (Å²) in [5.74, 6) is -2.33. The van der Waals surface area contributed by atoms with Gasteiger partial charge in [-0.3, -0.25) is 14.4 Å². The molecule has 9 heteroatoms. The predicted molar refractivity (Wildman–Crippen MR) is 140 cm³/mol. The van der Waals surface area contributed by atoms with Crippen LogP contribution >= 0.6 is 23.4 Å². The standard InChI is InChI=1S/C27H31ClN2O5S/c1-16(2)14-17(15-31)30-22-24(33)29(19-9-5-4-8-18(19)28)12-6-11-27(22)20(23(30)32)21-25(34)35-13-7-10-26(21,3)36-27/h4-11,16-17,20-22,31H,12-15H2,1-3H3/t17-,20+,21+,22?,26-,27+/m1/s1. The number of halogens is 1. The first-order chi connectivity index (χ1) is 17.1. The summed E-state index contributed by atoms with van der Waals surface area (Å²) in [5, 5.41) is 10.8. The molecule has 0 radical (unpaired) electrons. The molecule has 1 N–H and O–H groups in total. The van der Waals surface area contributed by atoms with Crippen LogP contribution in [0, 0.1) is 17.8 Å². The second-order valence-electron chi connectivity index (χ2n) is 10.5. The Morgan fingerprint density at radius 3 is 2.58 bits per heavy atom. The molecule has 4 heterocycles. The molecule has 1 unspecified atom stereocenters. The van der Waals surface area contributed by atoms with Gasteiger partial charge in [0.15, 0.2) is 0 Å². The third-order valence-corrected chi connectivity index (χ3v) is 9.86. The molecule has 1 aromatic carbocycles. The van der Waals surface area contributed by atoms with Gasteiger partial charge < -0.3 is 19.6 Å². The smallest absolute Gasteiger partial charge is 0.311 e. The lowest BCUT2D eigenvalue weighted by atomic mass is 9.75. The van der Waals surface area contributed by atoms with E-state index in [0.29, 0.717) is 17.1 Å². The van der Waals surface area contributed by atoms with Gasteiger partial charge in [-0.1, -0.05) is 55.8 Å². The number of cyclic esters (lactones) is 1. The topological polar surface area (TPSA) is 87.2 Å². The molecule has 4 aliphatic rings. The number of fused-ring (bicyclic) bond motifs is 2. The van der Waals surface area contributed by atoms with Crippen molar-refractivity contribution in [2.45, 2.75) is 48.8 Å². The highest BCUT2D eigenvalue weighted by Crippen LogP contribution is 2.65. The average Bonchev–Trinajstić information content (AvgIpc) is 3.09. The van der Waals surface area contributed by atoms with Crippen LogP contribution in [-0.4, -0.2) is 69.1 Å². The zero-order valence-corrected chi connectivity index (χ0v) is 22.2. The quantitative estimate of drug-likeness (QED) is 0.463. The Labute approximate surface area is 220 Å². The van der Waals surface area contributed by atoms with E-state index in [1.807, 2.05) is 51.1 Å². The summed E-state index contributed by atoms with van der Waals surface area (Å²) in [6.07, 6.45) is 8.14. The monoisotopic (exact) mass is 530 g/mol. The van der Waals surface area contributed by atoms with Gasteiger partial charge >= 0.3 is 5.97 Å². The van der Waals surface area contributed by atoms with Crippen molar-refractivity contribution >= 4 is 46.8 Å². The molecular weight excluding hydrogens is 500 g/mol. The van der Waals surface area contributed by atoms with Crippen molar-refractivity contribution in [2.24, 2.45) is 17.8 Å². The molecule has 2 fully saturated rings. The van der Waals surface area contributed by atoms with Crippen molar-refractivity contribution in [1.82, 2.24) is 4.90 Å². The second kappa shape index (κ2) is 9.23. The van der Waals surface area contributed by atoms with Crippen molar-refractivity contribution < 1.29 is 24.2 Å². The molecule has 7 nitrogen and oxygen atoms in total. The summed E-state index contributed by atoms with van der Waals surface area (Å²) in [5.41, 5.74) is 0.564. The molecule has 5 rings (SSSR count). The average molecular weight is 531 g/mol. The molecule has 192 valence electrons. The number of carbonyl (C=O) groups excluding carboxylic acids is 3. The normalized spacial score (nSPS) is 34.3. The number of likely N-dealkylation sites (tertiary alicyclic amines) is 1. The van der Waals surface area contributed by atoms with E-state index in [-0.39, 0.29) is 37.5 Å².